The zero-order valence-corrected chi connectivity index (χ0v) is 16.9. The second-order valence-electron chi connectivity index (χ2n) is 7.98. The van der Waals surface area contributed by atoms with Gasteiger partial charge in [0.2, 0.25) is 0 Å². The van der Waals surface area contributed by atoms with Gasteiger partial charge in [-0.15, -0.1) is 0 Å². The zero-order valence-electron chi connectivity index (χ0n) is 16.1. The van der Waals surface area contributed by atoms with E-state index in [1.54, 1.807) is 12.3 Å². The standard InChI is InChI=1S/C20H23ClF3N3O2/c1-19(13-28)5-8-26(9-6-19)16-10-17(21)25-11-15(16)3-2-14-4-7-27(12-14)18(29)20(22,23)24/h10-11,14,28H,4-9,12-13H2,1H3. The Morgan fingerprint density at radius 1 is 1.38 bits per heavy atom. The second kappa shape index (κ2) is 8.41. The van der Waals surface area contributed by atoms with Gasteiger partial charge in [-0.2, -0.15) is 13.2 Å². The summed E-state index contributed by atoms with van der Waals surface area (Å²) in [6.45, 7) is 3.69. The van der Waals surface area contributed by atoms with Crippen LogP contribution in [0.15, 0.2) is 12.3 Å². The number of rotatable bonds is 2. The summed E-state index contributed by atoms with van der Waals surface area (Å²) in [6.07, 6.45) is -1.23. The van der Waals surface area contributed by atoms with Crippen LogP contribution in [0.4, 0.5) is 18.9 Å². The fraction of sp³-hybridized carbons (Fsp3) is 0.600. The predicted octanol–water partition coefficient (Wildman–Crippen LogP) is 3.10. The molecule has 1 amide bonds. The van der Waals surface area contributed by atoms with Crippen LogP contribution in [0.2, 0.25) is 5.15 Å². The lowest BCUT2D eigenvalue weighted by molar-refractivity contribution is -0.184. The molecule has 2 aliphatic heterocycles. The van der Waals surface area contributed by atoms with E-state index in [1.165, 1.54) is 0 Å². The summed E-state index contributed by atoms with van der Waals surface area (Å²) in [4.78, 5) is 18.4. The summed E-state index contributed by atoms with van der Waals surface area (Å²) in [5.41, 5.74) is 1.39. The maximum absolute atomic E-state index is 12.6. The van der Waals surface area contributed by atoms with Crippen molar-refractivity contribution in [1.82, 2.24) is 9.88 Å². The zero-order chi connectivity index (χ0) is 21.2. The van der Waals surface area contributed by atoms with Crippen LogP contribution in [0, 0.1) is 23.2 Å². The Morgan fingerprint density at radius 2 is 2.07 bits per heavy atom. The van der Waals surface area contributed by atoms with Gasteiger partial charge in [0.25, 0.3) is 0 Å². The lowest BCUT2D eigenvalue weighted by Gasteiger charge is -2.39. The molecule has 29 heavy (non-hydrogen) atoms. The Hall–Kier alpha value is -1.98. The van der Waals surface area contributed by atoms with Crippen molar-refractivity contribution in [3.63, 3.8) is 0 Å². The molecule has 3 heterocycles. The number of piperidine rings is 1. The van der Waals surface area contributed by atoms with Crippen LogP contribution in [0.3, 0.4) is 0 Å². The second-order valence-corrected chi connectivity index (χ2v) is 8.37. The van der Waals surface area contributed by atoms with Crippen molar-refractivity contribution >= 4 is 23.2 Å². The van der Waals surface area contributed by atoms with Crippen molar-refractivity contribution in [2.75, 3.05) is 37.7 Å². The number of carbonyl (C=O) groups is 1. The van der Waals surface area contributed by atoms with Crippen LogP contribution >= 0.6 is 11.6 Å². The Morgan fingerprint density at radius 3 is 2.69 bits per heavy atom. The molecule has 1 unspecified atom stereocenters. The molecule has 0 spiro atoms. The van der Waals surface area contributed by atoms with Crippen LogP contribution in [-0.4, -0.2) is 59.9 Å². The molecular formula is C20H23ClF3N3O2. The van der Waals surface area contributed by atoms with E-state index in [4.69, 9.17) is 11.6 Å². The molecule has 0 bridgehead atoms. The first kappa shape index (κ1) is 21.7. The average Bonchev–Trinajstić information content (AvgIpc) is 3.15. The molecule has 3 rings (SSSR count). The number of pyridine rings is 1. The quantitative estimate of drug-likeness (QED) is 0.580. The topological polar surface area (TPSA) is 56.7 Å². The first-order chi connectivity index (χ1) is 13.6. The van der Waals surface area contributed by atoms with Crippen molar-refractivity contribution in [1.29, 1.82) is 0 Å². The lowest BCUT2D eigenvalue weighted by atomic mass is 9.81. The Bertz CT molecular complexity index is 826. The van der Waals surface area contributed by atoms with Crippen LogP contribution in [0.25, 0.3) is 0 Å². The number of carbonyl (C=O) groups excluding carboxylic acids is 1. The van der Waals surface area contributed by atoms with Gasteiger partial charge in [-0.3, -0.25) is 4.79 Å². The highest BCUT2D eigenvalue weighted by atomic mass is 35.5. The van der Waals surface area contributed by atoms with Crippen molar-refractivity contribution < 1.29 is 23.1 Å². The number of hydrogen-bond donors (Lipinski definition) is 1. The van der Waals surface area contributed by atoms with E-state index in [-0.39, 0.29) is 31.0 Å². The lowest BCUT2D eigenvalue weighted by Crippen LogP contribution is -2.40. The highest BCUT2D eigenvalue weighted by Gasteiger charge is 2.44. The third-order valence-corrected chi connectivity index (χ3v) is 5.88. The minimum absolute atomic E-state index is 0.0275. The van der Waals surface area contributed by atoms with Gasteiger partial charge in [0.15, 0.2) is 0 Å². The van der Waals surface area contributed by atoms with Gasteiger partial charge in [-0.1, -0.05) is 30.4 Å². The molecule has 9 heteroatoms. The number of hydrogen-bond acceptors (Lipinski definition) is 4. The number of amides is 1. The number of alkyl halides is 3. The van der Waals surface area contributed by atoms with Crippen molar-refractivity contribution in [3.8, 4) is 11.8 Å². The summed E-state index contributed by atoms with van der Waals surface area (Å²) in [7, 11) is 0. The van der Waals surface area contributed by atoms with Crippen molar-refractivity contribution in [2.45, 2.75) is 32.4 Å². The Kier molecular flexibility index (Phi) is 6.30. The summed E-state index contributed by atoms with van der Waals surface area (Å²) < 4.78 is 37.8. The number of nitrogens with zero attached hydrogens (tertiary/aromatic N) is 3. The number of aromatic nitrogens is 1. The first-order valence-electron chi connectivity index (χ1n) is 9.50. The first-order valence-corrected chi connectivity index (χ1v) is 9.88. The molecule has 0 saturated carbocycles. The largest absolute Gasteiger partial charge is 0.471 e. The fourth-order valence-electron chi connectivity index (χ4n) is 3.65. The van der Waals surface area contributed by atoms with Crippen LogP contribution in [-0.2, 0) is 4.79 Å². The summed E-state index contributed by atoms with van der Waals surface area (Å²) >= 11 is 6.07. The number of aliphatic hydroxyl groups excluding tert-OH is 1. The van der Waals surface area contributed by atoms with Gasteiger partial charge < -0.3 is 14.9 Å². The third kappa shape index (κ3) is 5.14. The van der Waals surface area contributed by atoms with Gasteiger partial charge in [0.05, 0.1) is 11.3 Å². The van der Waals surface area contributed by atoms with Crippen molar-refractivity contribution in [2.24, 2.45) is 11.3 Å². The van der Waals surface area contributed by atoms with Gasteiger partial charge in [0.1, 0.15) is 5.15 Å². The van der Waals surface area contributed by atoms with Gasteiger partial charge >= 0.3 is 12.1 Å². The molecule has 2 aliphatic rings. The predicted molar refractivity (Wildman–Crippen MR) is 104 cm³/mol. The minimum Gasteiger partial charge on any atom is -0.396 e. The van der Waals surface area contributed by atoms with Gasteiger partial charge in [-0.25, -0.2) is 4.98 Å². The molecule has 1 aromatic heterocycles. The van der Waals surface area contributed by atoms with E-state index in [0.717, 1.165) is 36.5 Å². The smallest absolute Gasteiger partial charge is 0.396 e. The fourth-order valence-corrected chi connectivity index (χ4v) is 3.80. The van der Waals surface area contributed by atoms with E-state index >= 15 is 0 Å². The maximum atomic E-state index is 12.6. The molecule has 2 saturated heterocycles. The molecular weight excluding hydrogens is 407 g/mol. The molecule has 0 aromatic carbocycles. The summed E-state index contributed by atoms with van der Waals surface area (Å²) in [6, 6.07) is 1.74. The molecule has 1 N–H and O–H groups in total. The average molecular weight is 430 g/mol. The summed E-state index contributed by atoms with van der Waals surface area (Å²) in [5.74, 6) is 3.91. The highest BCUT2D eigenvalue weighted by molar-refractivity contribution is 6.29. The van der Waals surface area contributed by atoms with Gasteiger partial charge in [0, 0.05) is 51.0 Å². The molecule has 5 nitrogen and oxygen atoms in total. The van der Waals surface area contributed by atoms with E-state index in [9.17, 15) is 23.1 Å². The number of anilines is 1. The molecule has 0 radical (unpaired) electrons. The monoisotopic (exact) mass is 429 g/mol. The SMILES string of the molecule is CC1(CO)CCN(c2cc(Cl)ncc2C#CC2CCN(C(=O)C(F)(F)F)C2)CC1. The Labute approximate surface area is 172 Å². The van der Waals surface area contributed by atoms with Crippen LogP contribution in [0.5, 0.6) is 0 Å². The van der Waals surface area contributed by atoms with E-state index in [0.29, 0.717) is 17.1 Å². The van der Waals surface area contributed by atoms with Gasteiger partial charge in [-0.05, 0) is 24.7 Å². The maximum Gasteiger partial charge on any atom is 0.471 e. The number of likely N-dealkylation sites (tertiary alicyclic amines) is 1. The third-order valence-electron chi connectivity index (χ3n) is 5.67. The Balaban J connectivity index is 1.73. The van der Waals surface area contributed by atoms with Crippen LogP contribution in [0.1, 0.15) is 31.7 Å². The summed E-state index contributed by atoms with van der Waals surface area (Å²) in [5, 5.41) is 9.89. The molecule has 0 aliphatic carbocycles. The number of halogens is 4. The van der Waals surface area contributed by atoms with E-state index in [2.05, 4.69) is 28.6 Å². The molecule has 1 aromatic rings. The van der Waals surface area contributed by atoms with Crippen molar-refractivity contribution in [3.05, 3.63) is 23.0 Å². The number of aliphatic hydroxyl groups is 1. The van der Waals surface area contributed by atoms with Crippen LogP contribution < -0.4 is 4.90 Å². The molecule has 2 fully saturated rings. The highest BCUT2D eigenvalue weighted by Crippen LogP contribution is 2.34. The normalized spacial score (nSPS) is 21.7. The van der Waals surface area contributed by atoms with E-state index < -0.39 is 12.1 Å². The molecule has 1 atom stereocenters. The van der Waals surface area contributed by atoms with E-state index in [1.807, 2.05) is 0 Å². The minimum atomic E-state index is -4.85. The molecule has 158 valence electrons.